The SMILES string of the molecule is c1cc(-n2c3ccccc3c3ccccc32)cc(-n2c3ccccc3c3c4sc5c(ccc6c5c5ccccc5n6-c5cccc(-n6c7ccccc7c7ccccc76)c5)c4ccc32)c1. The summed E-state index contributed by atoms with van der Waals surface area (Å²) >= 11 is 1.94. The van der Waals surface area contributed by atoms with Crippen LogP contribution < -0.4 is 0 Å². The molecule has 65 heavy (non-hydrogen) atoms. The Kier molecular flexibility index (Phi) is 7.07. The van der Waals surface area contributed by atoms with Crippen molar-refractivity contribution in [3.05, 3.63) is 218 Å². The van der Waals surface area contributed by atoms with Gasteiger partial charge in [0.05, 0.1) is 44.1 Å². The molecule has 15 rings (SSSR count). The second-order valence-electron chi connectivity index (χ2n) is 17.3. The van der Waals surface area contributed by atoms with Crippen molar-refractivity contribution < 1.29 is 0 Å². The molecule has 0 atom stereocenters. The van der Waals surface area contributed by atoms with Gasteiger partial charge in [-0.15, -0.1) is 11.3 Å². The summed E-state index contributed by atoms with van der Waals surface area (Å²) in [5.74, 6) is 0. The largest absolute Gasteiger partial charge is 0.309 e. The molecule has 0 bridgehead atoms. The Morgan fingerprint density at radius 1 is 0.215 bits per heavy atom. The summed E-state index contributed by atoms with van der Waals surface area (Å²) in [6.07, 6.45) is 0. The number of aromatic nitrogens is 4. The minimum atomic E-state index is 1.14. The van der Waals surface area contributed by atoms with Crippen LogP contribution in [0.1, 0.15) is 0 Å². The third-order valence-corrected chi connectivity index (χ3v) is 15.2. The Labute approximate surface area is 376 Å². The molecule has 0 aliphatic heterocycles. The Balaban J connectivity index is 0.952. The van der Waals surface area contributed by atoms with Gasteiger partial charge in [-0.05, 0) is 84.9 Å². The lowest BCUT2D eigenvalue weighted by Gasteiger charge is -2.13. The zero-order valence-electron chi connectivity index (χ0n) is 35.0. The summed E-state index contributed by atoms with van der Waals surface area (Å²) in [6.45, 7) is 0. The number of fused-ring (bicyclic) bond motifs is 17. The van der Waals surface area contributed by atoms with Crippen molar-refractivity contribution in [3.63, 3.8) is 0 Å². The van der Waals surface area contributed by atoms with Crippen LogP contribution in [0.4, 0.5) is 0 Å². The van der Waals surface area contributed by atoms with E-state index in [2.05, 4.69) is 237 Å². The first-order valence-electron chi connectivity index (χ1n) is 22.3. The first-order valence-corrected chi connectivity index (χ1v) is 23.1. The third kappa shape index (κ3) is 4.74. The van der Waals surface area contributed by atoms with Gasteiger partial charge in [0.1, 0.15) is 0 Å². The molecule has 5 heteroatoms. The average Bonchev–Trinajstić information content (AvgIpc) is 4.16. The molecule has 302 valence electrons. The topological polar surface area (TPSA) is 19.7 Å². The van der Waals surface area contributed by atoms with Crippen molar-refractivity contribution in [2.45, 2.75) is 0 Å². The highest BCUT2D eigenvalue weighted by Crippen LogP contribution is 2.48. The fourth-order valence-corrected chi connectivity index (χ4v) is 12.7. The molecular formula is C60H36N4S. The van der Waals surface area contributed by atoms with Crippen LogP contribution in [-0.4, -0.2) is 18.3 Å². The van der Waals surface area contributed by atoms with E-state index in [1.54, 1.807) is 0 Å². The highest BCUT2D eigenvalue weighted by atomic mass is 32.1. The Hall–Kier alpha value is -8.38. The number of hydrogen-bond donors (Lipinski definition) is 0. The van der Waals surface area contributed by atoms with Crippen molar-refractivity contribution in [2.75, 3.05) is 0 Å². The molecule has 0 aliphatic carbocycles. The van der Waals surface area contributed by atoms with Crippen LogP contribution in [0.15, 0.2) is 218 Å². The van der Waals surface area contributed by atoms with Crippen molar-refractivity contribution in [1.29, 1.82) is 0 Å². The van der Waals surface area contributed by atoms with Gasteiger partial charge in [0.25, 0.3) is 0 Å². The predicted molar refractivity (Wildman–Crippen MR) is 277 cm³/mol. The smallest absolute Gasteiger partial charge is 0.0555 e. The molecule has 0 saturated heterocycles. The molecule has 0 spiro atoms. The van der Waals surface area contributed by atoms with E-state index in [9.17, 15) is 0 Å². The monoisotopic (exact) mass is 844 g/mol. The first-order chi connectivity index (χ1) is 32.3. The average molecular weight is 845 g/mol. The lowest BCUT2D eigenvalue weighted by Crippen LogP contribution is -1.98. The van der Waals surface area contributed by atoms with Crippen LogP contribution in [0.2, 0.25) is 0 Å². The second kappa shape index (κ2) is 13.1. The highest BCUT2D eigenvalue weighted by molar-refractivity contribution is 7.27. The Morgan fingerprint density at radius 3 is 0.831 bits per heavy atom. The predicted octanol–water partition coefficient (Wildman–Crippen LogP) is 16.4. The number of para-hydroxylation sites is 6. The van der Waals surface area contributed by atoms with Crippen LogP contribution in [0.5, 0.6) is 0 Å². The summed E-state index contributed by atoms with van der Waals surface area (Å²) in [5, 5.41) is 12.8. The van der Waals surface area contributed by atoms with E-state index in [0.29, 0.717) is 0 Å². The number of hydrogen-bond acceptors (Lipinski definition) is 1. The van der Waals surface area contributed by atoms with Gasteiger partial charge in [-0.25, -0.2) is 0 Å². The van der Waals surface area contributed by atoms with Crippen molar-refractivity contribution in [2.24, 2.45) is 0 Å². The van der Waals surface area contributed by atoms with Crippen molar-refractivity contribution >= 4 is 119 Å². The molecule has 0 aliphatic rings. The van der Waals surface area contributed by atoms with E-state index < -0.39 is 0 Å². The standard InChI is InChI=1S/C60H36N4S/c1-7-25-49-41(19-1)42-20-2-8-26-50(42)61(49)37-15-13-17-39(35-37)63-53-29-11-5-23-47(53)57-55(63)33-31-45-46-32-34-56-58(60(46)65-59(45)57)48-24-6-12-30-54(48)64(56)40-18-14-16-38(36-40)62-51-27-9-3-21-43(51)44-22-4-10-28-52(44)62/h1-36H. The van der Waals surface area contributed by atoms with E-state index in [0.717, 1.165) is 22.7 Å². The first kappa shape index (κ1) is 35.1. The van der Waals surface area contributed by atoms with Gasteiger partial charge in [-0.1, -0.05) is 133 Å². The van der Waals surface area contributed by atoms with E-state index in [4.69, 9.17) is 0 Å². The molecule has 0 amide bonds. The summed E-state index contributed by atoms with van der Waals surface area (Å²) in [4.78, 5) is 0. The van der Waals surface area contributed by atoms with E-state index in [1.165, 1.54) is 107 Å². The zero-order valence-corrected chi connectivity index (χ0v) is 35.8. The maximum Gasteiger partial charge on any atom is 0.0555 e. The Bertz CT molecular complexity index is 4100. The molecule has 0 saturated carbocycles. The molecular weight excluding hydrogens is 809 g/mol. The molecule has 10 aromatic carbocycles. The fraction of sp³-hybridized carbons (Fsp3) is 0. The van der Waals surface area contributed by atoms with Gasteiger partial charge in [0.15, 0.2) is 0 Å². The molecule has 0 unspecified atom stereocenters. The van der Waals surface area contributed by atoms with Crippen LogP contribution in [-0.2, 0) is 0 Å². The van der Waals surface area contributed by atoms with Crippen molar-refractivity contribution in [3.8, 4) is 22.7 Å². The highest BCUT2D eigenvalue weighted by Gasteiger charge is 2.22. The summed E-state index contributed by atoms with van der Waals surface area (Å²) in [6, 6.07) is 80.4. The maximum atomic E-state index is 2.47. The molecule has 5 aromatic heterocycles. The molecule has 15 aromatic rings. The molecule has 0 radical (unpaired) electrons. The second-order valence-corrected chi connectivity index (χ2v) is 18.3. The van der Waals surface area contributed by atoms with Gasteiger partial charge in [-0.2, -0.15) is 0 Å². The van der Waals surface area contributed by atoms with Crippen LogP contribution >= 0.6 is 11.3 Å². The fourth-order valence-electron chi connectivity index (χ4n) is 11.3. The number of benzene rings is 10. The van der Waals surface area contributed by atoms with E-state index in [1.807, 2.05) is 11.3 Å². The molecule has 0 N–H and O–H groups in total. The van der Waals surface area contributed by atoms with Crippen LogP contribution in [0.25, 0.3) is 130 Å². The van der Waals surface area contributed by atoms with E-state index >= 15 is 0 Å². The number of rotatable bonds is 4. The zero-order chi connectivity index (χ0) is 42.3. The molecule has 5 heterocycles. The van der Waals surface area contributed by atoms with Gasteiger partial charge in [0.2, 0.25) is 0 Å². The number of nitrogens with zero attached hydrogens (tertiary/aromatic N) is 4. The van der Waals surface area contributed by atoms with Crippen LogP contribution in [0.3, 0.4) is 0 Å². The summed E-state index contributed by atoms with van der Waals surface area (Å²) < 4.78 is 12.4. The third-order valence-electron chi connectivity index (χ3n) is 13.9. The van der Waals surface area contributed by atoms with Crippen molar-refractivity contribution in [1.82, 2.24) is 18.3 Å². The quantitative estimate of drug-likeness (QED) is 0.168. The molecule has 0 fully saturated rings. The van der Waals surface area contributed by atoms with Gasteiger partial charge in [0, 0.05) is 86.0 Å². The number of thiophene rings is 1. The molecule has 4 nitrogen and oxygen atoms in total. The van der Waals surface area contributed by atoms with Gasteiger partial charge >= 0.3 is 0 Å². The summed E-state index contributed by atoms with van der Waals surface area (Å²) in [5.41, 5.74) is 14.3. The van der Waals surface area contributed by atoms with Gasteiger partial charge in [-0.3, -0.25) is 0 Å². The normalized spacial score (nSPS) is 12.3. The minimum Gasteiger partial charge on any atom is -0.309 e. The summed E-state index contributed by atoms with van der Waals surface area (Å²) in [7, 11) is 0. The van der Waals surface area contributed by atoms with E-state index in [-0.39, 0.29) is 0 Å². The minimum absolute atomic E-state index is 1.14. The Morgan fingerprint density at radius 2 is 0.492 bits per heavy atom. The maximum absolute atomic E-state index is 2.47. The van der Waals surface area contributed by atoms with Gasteiger partial charge < -0.3 is 18.3 Å². The van der Waals surface area contributed by atoms with Crippen LogP contribution in [0, 0.1) is 0 Å². The lowest BCUT2D eigenvalue weighted by atomic mass is 10.1. The lowest BCUT2D eigenvalue weighted by molar-refractivity contribution is 1.13.